The van der Waals surface area contributed by atoms with E-state index in [0.717, 1.165) is 5.92 Å². The molecule has 0 aliphatic heterocycles. The van der Waals surface area contributed by atoms with E-state index in [1.165, 1.54) is 77.0 Å². The number of hydrogen-bond acceptors (Lipinski definition) is 2. The van der Waals surface area contributed by atoms with Gasteiger partial charge in [-0.2, -0.15) is 0 Å². The molecule has 0 aromatic carbocycles. The second-order valence-electron chi connectivity index (χ2n) is 6.77. The maximum Gasteiger partial charge on any atom is 0.314 e. The van der Waals surface area contributed by atoms with Gasteiger partial charge in [0.1, 0.15) is 0 Å². The monoisotopic (exact) mass is 444 g/mol. The third-order valence-corrected chi connectivity index (χ3v) is 4.83. The van der Waals surface area contributed by atoms with Crippen LogP contribution in [0, 0.1) is 5.92 Å². The van der Waals surface area contributed by atoms with E-state index in [1.54, 1.807) is 11.1 Å². The van der Waals surface area contributed by atoms with Crippen molar-refractivity contribution in [3.05, 3.63) is 11.1 Å². The predicted octanol–water partition coefficient (Wildman–Crippen LogP) is 6.40. The second-order valence-corrected chi connectivity index (χ2v) is 7.90. The van der Waals surface area contributed by atoms with Gasteiger partial charge < -0.3 is 19.6 Å². The van der Waals surface area contributed by atoms with Crippen molar-refractivity contribution >= 4 is 16.5 Å². The molecule has 0 radical (unpaired) electrons. The molecule has 8 heteroatoms. The summed E-state index contributed by atoms with van der Waals surface area (Å²) in [6, 6.07) is 0. The van der Waals surface area contributed by atoms with Gasteiger partial charge in [0.15, 0.2) is 0 Å². The van der Waals surface area contributed by atoms with Crippen LogP contribution < -0.4 is 0 Å². The lowest BCUT2D eigenvalue weighted by Crippen LogP contribution is -2.06. The topological polar surface area (TPSA) is 115 Å². The van der Waals surface area contributed by atoms with Gasteiger partial charge in [-0.3, -0.25) is 9.13 Å². The van der Waals surface area contributed by atoms with Gasteiger partial charge >= 0.3 is 16.5 Å². The van der Waals surface area contributed by atoms with Gasteiger partial charge in [-0.1, -0.05) is 90.7 Å². The zero-order valence-electron chi connectivity index (χ0n) is 18.7. The second kappa shape index (κ2) is 25.1. The fourth-order valence-corrected chi connectivity index (χ4v) is 3.50. The number of allylic oxidation sites excluding steroid dienone is 2. The smallest absolute Gasteiger partial charge is 0.314 e. The van der Waals surface area contributed by atoms with Crippen molar-refractivity contribution in [2.24, 2.45) is 5.92 Å². The van der Waals surface area contributed by atoms with E-state index in [2.05, 4.69) is 34.6 Å². The molecule has 6 nitrogen and oxygen atoms in total. The first-order valence-electron chi connectivity index (χ1n) is 10.8. The lowest BCUT2D eigenvalue weighted by atomic mass is 9.84. The number of unbranched alkanes of at least 4 members (excludes halogenated alkanes) is 6. The van der Waals surface area contributed by atoms with E-state index in [9.17, 15) is 0 Å². The molecule has 1 unspecified atom stereocenters. The Morgan fingerprint density at radius 1 is 0.679 bits per heavy atom. The number of rotatable bonds is 13. The molecule has 0 rings (SSSR count). The molecule has 4 N–H and O–H groups in total. The lowest BCUT2D eigenvalue weighted by Gasteiger charge is -2.22. The number of hydrogen-bond donors (Lipinski definition) is 4. The third-order valence-electron chi connectivity index (χ3n) is 4.83. The molecule has 0 saturated carbocycles. The summed E-state index contributed by atoms with van der Waals surface area (Å²) >= 11 is 0. The summed E-state index contributed by atoms with van der Waals surface area (Å²) < 4.78 is 17.5. The first kappa shape index (κ1) is 32.7. The average molecular weight is 445 g/mol. The molecule has 0 heterocycles. The van der Waals surface area contributed by atoms with E-state index in [-0.39, 0.29) is 0 Å². The maximum absolute atomic E-state index is 8.74. The minimum Gasteiger partial charge on any atom is -0.326 e. The molecule has 0 saturated heterocycles. The van der Waals surface area contributed by atoms with Crippen LogP contribution in [0.2, 0.25) is 0 Å². The van der Waals surface area contributed by atoms with Crippen LogP contribution in [-0.4, -0.2) is 19.6 Å². The van der Waals surface area contributed by atoms with Crippen LogP contribution in [0.5, 0.6) is 0 Å². The Balaban J connectivity index is -0.000000656. The zero-order chi connectivity index (χ0) is 22.4. The van der Waals surface area contributed by atoms with Crippen LogP contribution in [0.15, 0.2) is 11.1 Å². The summed E-state index contributed by atoms with van der Waals surface area (Å²) in [4.78, 5) is 28.6. The van der Waals surface area contributed by atoms with Gasteiger partial charge in [0.25, 0.3) is 0 Å². The first-order valence-corrected chi connectivity index (χ1v) is 13.4. The van der Waals surface area contributed by atoms with Gasteiger partial charge in [0.2, 0.25) is 0 Å². The Labute approximate surface area is 174 Å². The summed E-state index contributed by atoms with van der Waals surface area (Å²) in [6.07, 6.45) is 16.6. The van der Waals surface area contributed by atoms with Gasteiger partial charge in [-0.15, -0.1) is 0 Å². The Morgan fingerprint density at radius 2 is 1.07 bits per heavy atom. The molecule has 0 aromatic heterocycles. The Hall–Kier alpha value is 0.0400. The SMILES string of the molecule is CCCCCCCCCC(CC)C(CC)=C(CC)CC.O=[PH](O)O.O=[PH](O)O. The molecule has 1 atom stereocenters. The highest BCUT2D eigenvalue weighted by atomic mass is 31.1. The van der Waals surface area contributed by atoms with E-state index >= 15 is 0 Å². The summed E-state index contributed by atoms with van der Waals surface area (Å²) in [7, 11) is -6.26. The van der Waals surface area contributed by atoms with Crippen molar-refractivity contribution < 1.29 is 28.7 Å². The fourth-order valence-electron chi connectivity index (χ4n) is 3.50. The van der Waals surface area contributed by atoms with Crippen LogP contribution >= 0.6 is 16.5 Å². The standard InChI is InChI=1S/C20H40.2H3O3P/c1-6-11-12-13-14-15-16-17-19(9-4)20(10-5)18(7-2)8-3;2*1-4(2)3/h19H,6-17H2,1-5H3;2*4H,(H2,1,2,3). The zero-order valence-corrected chi connectivity index (χ0v) is 20.7. The minimum absolute atomic E-state index is 0.866. The lowest BCUT2D eigenvalue weighted by molar-refractivity contribution is 0.403. The van der Waals surface area contributed by atoms with Crippen molar-refractivity contribution in [1.29, 1.82) is 0 Å². The van der Waals surface area contributed by atoms with Gasteiger partial charge in [-0.25, -0.2) is 0 Å². The van der Waals surface area contributed by atoms with Gasteiger partial charge in [-0.05, 0) is 38.0 Å². The Kier molecular flexibility index (Phi) is 29.3. The predicted molar refractivity (Wildman–Crippen MR) is 121 cm³/mol. The van der Waals surface area contributed by atoms with E-state index in [1.807, 2.05) is 0 Å². The summed E-state index contributed by atoms with van der Waals surface area (Å²) in [5.74, 6) is 0.866. The summed E-state index contributed by atoms with van der Waals surface area (Å²) in [5.41, 5.74) is 3.53. The van der Waals surface area contributed by atoms with Crippen LogP contribution in [0.25, 0.3) is 0 Å². The molecule has 172 valence electrons. The highest BCUT2D eigenvalue weighted by molar-refractivity contribution is 7.31. The summed E-state index contributed by atoms with van der Waals surface area (Å²) in [5, 5.41) is 0. The fraction of sp³-hybridized carbons (Fsp3) is 0.900. The van der Waals surface area contributed by atoms with Crippen molar-refractivity contribution in [2.75, 3.05) is 0 Å². The van der Waals surface area contributed by atoms with Crippen molar-refractivity contribution in [2.45, 2.75) is 112 Å². The van der Waals surface area contributed by atoms with Crippen molar-refractivity contribution in [1.82, 2.24) is 0 Å². The van der Waals surface area contributed by atoms with Gasteiger partial charge in [0, 0.05) is 0 Å². The summed E-state index contributed by atoms with van der Waals surface area (Å²) in [6.45, 7) is 11.7. The van der Waals surface area contributed by atoms with Crippen molar-refractivity contribution in [3.8, 4) is 0 Å². The highest BCUT2D eigenvalue weighted by Gasteiger charge is 2.13. The largest absolute Gasteiger partial charge is 0.326 e. The maximum atomic E-state index is 8.74. The van der Waals surface area contributed by atoms with E-state index < -0.39 is 16.5 Å². The molecule has 28 heavy (non-hydrogen) atoms. The van der Waals surface area contributed by atoms with Crippen LogP contribution in [0.4, 0.5) is 0 Å². The minimum atomic E-state index is -3.13. The normalized spacial score (nSPS) is 11.4. The van der Waals surface area contributed by atoms with E-state index in [0.29, 0.717) is 0 Å². The average Bonchev–Trinajstić information content (AvgIpc) is 2.62. The molecule has 0 aliphatic carbocycles. The molecule has 0 fully saturated rings. The molecule has 0 spiro atoms. The van der Waals surface area contributed by atoms with Crippen LogP contribution in [-0.2, 0) is 9.13 Å². The molecular weight excluding hydrogens is 398 g/mol. The van der Waals surface area contributed by atoms with Crippen LogP contribution in [0.3, 0.4) is 0 Å². The Bertz CT molecular complexity index is 388. The molecule has 0 amide bonds. The van der Waals surface area contributed by atoms with Crippen LogP contribution in [0.1, 0.15) is 112 Å². The first-order chi connectivity index (χ1) is 13.2. The van der Waals surface area contributed by atoms with Gasteiger partial charge in [0.05, 0.1) is 0 Å². The molecule has 0 aliphatic rings. The van der Waals surface area contributed by atoms with E-state index in [4.69, 9.17) is 28.7 Å². The quantitative estimate of drug-likeness (QED) is 0.148. The Morgan fingerprint density at radius 3 is 1.39 bits per heavy atom. The molecule has 0 aromatic rings. The van der Waals surface area contributed by atoms with Crippen molar-refractivity contribution in [3.63, 3.8) is 0 Å². The third kappa shape index (κ3) is 26.0. The molecule has 0 bridgehead atoms. The highest BCUT2D eigenvalue weighted by Crippen LogP contribution is 2.30. The molecular formula is C20H46O6P2.